The van der Waals surface area contributed by atoms with E-state index >= 15 is 0 Å². The standard InChI is InChI=1S/C18H25N3O2.ClH/c1-13(22)20-8-7-15(10-20)18(23)21-11-16(9-19)17(12-21)14-5-3-2-4-6-14;/h2-6,15-17H,7-12,19H2,1H3;1H/t15?,16-,17+;/m1./s1. The molecule has 132 valence electrons. The van der Waals surface area contributed by atoms with E-state index in [1.807, 2.05) is 23.1 Å². The van der Waals surface area contributed by atoms with Gasteiger partial charge in [0.1, 0.15) is 0 Å². The van der Waals surface area contributed by atoms with E-state index in [1.54, 1.807) is 11.8 Å². The Bertz CT molecular complexity index is 581. The van der Waals surface area contributed by atoms with E-state index in [1.165, 1.54) is 5.56 Å². The third-order valence-electron chi connectivity index (χ3n) is 5.27. The molecule has 0 saturated carbocycles. The summed E-state index contributed by atoms with van der Waals surface area (Å²) >= 11 is 0. The summed E-state index contributed by atoms with van der Waals surface area (Å²) in [7, 11) is 0. The lowest BCUT2D eigenvalue weighted by molar-refractivity contribution is -0.134. The summed E-state index contributed by atoms with van der Waals surface area (Å²) in [4.78, 5) is 28.0. The first kappa shape index (κ1) is 18.7. The maximum Gasteiger partial charge on any atom is 0.227 e. The molecule has 24 heavy (non-hydrogen) atoms. The quantitative estimate of drug-likeness (QED) is 0.897. The van der Waals surface area contributed by atoms with E-state index in [4.69, 9.17) is 5.73 Å². The first-order valence-electron chi connectivity index (χ1n) is 8.39. The van der Waals surface area contributed by atoms with Crippen molar-refractivity contribution in [3.63, 3.8) is 0 Å². The van der Waals surface area contributed by atoms with Crippen LogP contribution in [-0.2, 0) is 9.59 Å². The van der Waals surface area contributed by atoms with Gasteiger partial charge in [-0.1, -0.05) is 30.3 Å². The zero-order valence-electron chi connectivity index (χ0n) is 14.1. The third kappa shape index (κ3) is 3.73. The van der Waals surface area contributed by atoms with Crippen molar-refractivity contribution < 1.29 is 9.59 Å². The number of amides is 2. The van der Waals surface area contributed by atoms with Gasteiger partial charge in [-0.15, -0.1) is 12.4 Å². The van der Waals surface area contributed by atoms with E-state index in [-0.39, 0.29) is 30.1 Å². The molecule has 2 aliphatic heterocycles. The largest absolute Gasteiger partial charge is 0.342 e. The molecular weight excluding hydrogens is 326 g/mol. The molecule has 1 aromatic carbocycles. The van der Waals surface area contributed by atoms with Crippen LogP contribution in [0.3, 0.4) is 0 Å². The van der Waals surface area contributed by atoms with Gasteiger partial charge in [0.15, 0.2) is 0 Å². The number of halogens is 1. The van der Waals surface area contributed by atoms with Gasteiger partial charge >= 0.3 is 0 Å². The number of nitrogens with two attached hydrogens (primary N) is 1. The summed E-state index contributed by atoms with van der Waals surface area (Å²) < 4.78 is 0. The highest BCUT2D eigenvalue weighted by Gasteiger charge is 2.39. The average Bonchev–Trinajstić information content (AvgIpc) is 3.22. The molecule has 3 rings (SSSR count). The maximum atomic E-state index is 12.8. The van der Waals surface area contributed by atoms with Crippen molar-refractivity contribution in [2.24, 2.45) is 17.6 Å². The molecule has 2 N–H and O–H groups in total. The normalized spacial score (nSPS) is 26.3. The second-order valence-corrected chi connectivity index (χ2v) is 6.71. The molecule has 2 aliphatic rings. The van der Waals surface area contributed by atoms with Crippen LogP contribution in [-0.4, -0.2) is 54.3 Å². The number of hydrogen-bond donors (Lipinski definition) is 1. The van der Waals surface area contributed by atoms with Gasteiger partial charge in [-0.05, 0) is 24.4 Å². The van der Waals surface area contributed by atoms with Crippen molar-refractivity contribution in [3.8, 4) is 0 Å². The topological polar surface area (TPSA) is 66.6 Å². The summed E-state index contributed by atoms with van der Waals surface area (Å²) in [6, 6.07) is 10.3. The molecule has 1 unspecified atom stereocenters. The molecule has 2 fully saturated rings. The van der Waals surface area contributed by atoms with Crippen molar-refractivity contribution in [3.05, 3.63) is 35.9 Å². The molecule has 0 spiro atoms. The predicted octanol–water partition coefficient (Wildman–Crippen LogP) is 1.48. The van der Waals surface area contributed by atoms with Crippen molar-refractivity contribution in [1.29, 1.82) is 0 Å². The Morgan fingerprint density at radius 2 is 1.83 bits per heavy atom. The molecule has 0 bridgehead atoms. The fourth-order valence-corrected chi connectivity index (χ4v) is 3.87. The lowest BCUT2D eigenvalue weighted by atomic mass is 9.89. The second kappa shape index (κ2) is 7.99. The molecule has 0 radical (unpaired) electrons. The van der Waals surface area contributed by atoms with E-state index in [2.05, 4.69) is 12.1 Å². The number of carbonyl (C=O) groups is 2. The number of hydrogen-bond acceptors (Lipinski definition) is 3. The SMILES string of the molecule is CC(=O)N1CCC(C(=O)N2C[C@@H](CN)[C@H](c3ccccc3)C2)C1.Cl. The van der Waals surface area contributed by atoms with Gasteiger partial charge < -0.3 is 15.5 Å². The van der Waals surface area contributed by atoms with E-state index in [0.717, 1.165) is 19.5 Å². The van der Waals surface area contributed by atoms with Gasteiger partial charge in [-0.2, -0.15) is 0 Å². The first-order valence-corrected chi connectivity index (χ1v) is 8.39. The molecule has 1 aromatic rings. The van der Waals surface area contributed by atoms with Crippen LogP contribution in [0.4, 0.5) is 0 Å². The maximum absolute atomic E-state index is 12.8. The predicted molar refractivity (Wildman–Crippen MR) is 95.9 cm³/mol. The smallest absolute Gasteiger partial charge is 0.227 e. The van der Waals surface area contributed by atoms with Gasteiger partial charge in [0.25, 0.3) is 0 Å². The van der Waals surface area contributed by atoms with E-state index in [9.17, 15) is 9.59 Å². The Morgan fingerprint density at radius 3 is 2.42 bits per heavy atom. The molecule has 3 atom stereocenters. The van der Waals surface area contributed by atoms with Crippen LogP contribution in [0, 0.1) is 11.8 Å². The Morgan fingerprint density at radius 1 is 1.12 bits per heavy atom. The number of carbonyl (C=O) groups excluding carboxylic acids is 2. The number of benzene rings is 1. The van der Waals surface area contributed by atoms with Crippen LogP contribution in [0.1, 0.15) is 24.8 Å². The summed E-state index contributed by atoms with van der Waals surface area (Å²) in [6.07, 6.45) is 0.776. The Balaban J connectivity index is 0.00000208. The minimum Gasteiger partial charge on any atom is -0.342 e. The lowest BCUT2D eigenvalue weighted by Gasteiger charge is -2.21. The molecular formula is C18H26ClN3O2. The molecule has 2 amide bonds. The van der Waals surface area contributed by atoms with Crippen molar-refractivity contribution in [2.75, 3.05) is 32.7 Å². The van der Waals surface area contributed by atoms with E-state index < -0.39 is 0 Å². The lowest BCUT2D eigenvalue weighted by Crippen LogP contribution is -2.37. The van der Waals surface area contributed by atoms with Crippen LogP contribution in [0.25, 0.3) is 0 Å². The molecule has 5 nitrogen and oxygen atoms in total. The number of rotatable bonds is 3. The van der Waals surface area contributed by atoms with Crippen LogP contribution in [0.15, 0.2) is 30.3 Å². The Labute approximate surface area is 149 Å². The fraction of sp³-hybridized carbons (Fsp3) is 0.556. The molecule has 6 heteroatoms. The first-order chi connectivity index (χ1) is 11.1. The van der Waals surface area contributed by atoms with Crippen LogP contribution >= 0.6 is 12.4 Å². The summed E-state index contributed by atoms with van der Waals surface area (Å²) in [6.45, 7) is 4.88. The Kier molecular flexibility index (Phi) is 6.24. The summed E-state index contributed by atoms with van der Waals surface area (Å²) in [5, 5.41) is 0. The van der Waals surface area contributed by atoms with Gasteiger partial charge in [0, 0.05) is 39.0 Å². The Hall–Kier alpha value is -1.59. The van der Waals surface area contributed by atoms with Gasteiger partial charge in [0.2, 0.25) is 11.8 Å². The molecule has 0 aliphatic carbocycles. The summed E-state index contributed by atoms with van der Waals surface area (Å²) in [5.74, 6) is 0.823. The number of likely N-dealkylation sites (tertiary alicyclic amines) is 2. The van der Waals surface area contributed by atoms with Crippen LogP contribution in [0.2, 0.25) is 0 Å². The zero-order valence-corrected chi connectivity index (χ0v) is 14.9. The summed E-state index contributed by atoms with van der Waals surface area (Å²) in [5.41, 5.74) is 7.21. The molecule has 0 aromatic heterocycles. The van der Waals surface area contributed by atoms with Crippen molar-refractivity contribution in [2.45, 2.75) is 19.3 Å². The van der Waals surface area contributed by atoms with Crippen LogP contribution < -0.4 is 5.73 Å². The van der Waals surface area contributed by atoms with Crippen molar-refractivity contribution in [1.82, 2.24) is 9.80 Å². The van der Waals surface area contributed by atoms with E-state index in [0.29, 0.717) is 31.5 Å². The van der Waals surface area contributed by atoms with Gasteiger partial charge in [-0.25, -0.2) is 0 Å². The van der Waals surface area contributed by atoms with Gasteiger partial charge in [-0.3, -0.25) is 9.59 Å². The highest BCUT2D eigenvalue weighted by atomic mass is 35.5. The monoisotopic (exact) mass is 351 g/mol. The highest BCUT2D eigenvalue weighted by Crippen LogP contribution is 2.33. The van der Waals surface area contributed by atoms with Crippen LogP contribution in [0.5, 0.6) is 0 Å². The molecule has 2 heterocycles. The minimum atomic E-state index is -0.0492. The fourth-order valence-electron chi connectivity index (χ4n) is 3.87. The third-order valence-corrected chi connectivity index (χ3v) is 5.27. The minimum absolute atomic E-state index is 0. The average molecular weight is 352 g/mol. The second-order valence-electron chi connectivity index (χ2n) is 6.71. The zero-order chi connectivity index (χ0) is 16.4. The molecule has 2 saturated heterocycles. The highest BCUT2D eigenvalue weighted by molar-refractivity contribution is 5.85. The number of nitrogens with zero attached hydrogens (tertiary/aromatic N) is 2. The van der Waals surface area contributed by atoms with Gasteiger partial charge in [0.05, 0.1) is 5.92 Å². The van der Waals surface area contributed by atoms with Crippen molar-refractivity contribution >= 4 is 24.2 Å².